The zero-order valence-electron chi connectivity index (χ0n) is 13.7. The second kappa shape index (κ2) is 6.75. The SMILES string of the molecule is C=CCn1cc(CN(C)Cc2cccc3cccnc23)c(C)n1. The van der Waals surface area contributed by atoms with E-state index >= 15 is 0 Å². The molecule has 3 aromatic rings. The Balaban J connectivity index is 1.76. The third-order valence-electron chi connectivity index (χ3n) is 3.96. The Morgan fingerprint density at radius 2 is 1.96 bits per heavy atom. The van der Waals surface area contributed by atoms with Gasteiger partial charge < -0.3 is 0 Å². The van der Waals surface area contributed by atoms with Crippen LogP contribution in [0, 0.1) is 6.92 Å². The van der Waals surface area contributed by atoms with Crippen LogP contribution in [0.2, 0.25) is 0 Å². The van der Waals surface area contributed by atoms with Crippen molar-refractivity contribution in [3.05, 3.63) is 72.2 Å². The molecular weight excluding hydrogens is 284 g/mol. The number of para-hydroxylation sites is 1. The largest absolute Gasteiger partial charge is 0.298 e. The van der Waals surface area contributed by atoms with E-state index in [1.54, 1.807) is 0 Å². The van der Waals surface area contributed by atoms with Crippen LogP contribution in [0.4, 0.5) is 0 Å². The molecule has 2 heterocycles. The van der Waals surface area contributed by atoms with Crippen LogP contribution in [0.5, 0.6) is 0 Å². The Labute approximate surface area is 137 Å². The van der Waals surface area contributed by atoms with E-state index in [1.165, 1.54) is 16.5 Å². The number of pyridine rings is 1. The molecule has 118 valence electrons. The number of aryl methyl sites for hydroxylation is 1. The maximum atomic E-state index is 4.53. The predicted octanol–water partition coefficient (Wildman–Crippen LogP) is 3.56. The number of hydrogen-bond acceptors (Lipinski definition) is 3. The van der Waals surface area contributed by atoms with E-state index in [-0.39, 0.29) is 0 Å². The molecule has 0 radical (unpaired) electrons. The Morgan fingerprint density at radius 3 is 2.78 bits per heavy atom. The number of nitrogens with zero attached hydrogens (tertiary/aromatic N) is 4. The summed E-state index contributed by atoms with van der Waals surface area (Å²) in [5, 5.41) is 5.71. The quantitative estimate of drug-likeness (QED) is 0.653. The summed E-state index contributed by atoms with van der Waals surface area (Å²) in [6.45, 7) is 8.30. The number of benzene rings is 1. The average molecular weight is 306 g/mol. The Hall–Kier alpha value is -2.46. The fourth-order valence-electron chi connectivity index (χ4n) is 2.87. The van der Waals surface area contributed by atoms with Crippen molar-refractivity contribution in [3.8, 4) is 0 Å². The van der Waals surface area contributed by atoms with Crippen molar-refractivity contribution in [1.82, 2.24) is 19.7 Å². The Morgan fingerprint density at radius 1 is 1.17 bits per heavy atom. The van der Waals surface area contributed by atoms with Gasteiger partial charge in [-0.15, -0.1) is 6.58 Å². The van der Waals surface area contributed by atoms with Crippen molar-refractivity contribution >= 4 is 10.9 Å². The smallest absolute Gasteiger partial charge is 0.0746 e. The maximum absolute atomic E-state index is 4.53. The Bertz CT molecular complexity index is 814. The first-order chi connectivity index (χ1) is 11.2. The van der Waals surface area contributed by atoms with Gasteiger partial charge in [-0.1, -0.05) is 30.3 Å². The van der Waals surface area contributed by atoms with E-state index in [0.717, 1.165) is 30.8 Å². The molecule has 4 nitrogen and oxygen atoms in total. The first-order valence-corrected chi connectivity index (χ1v) is 7.82. The molecule has 0 aliphatic carbocycles. The zero-order valence-corrected chi connectivity index (χ0v) is 13.7. The summed E-state index contributed by atoms with van der Waals surface area (Å²) in [6.07, 6.45) is 5.83. The monoisotopic (exact) mass is 306 g/mol. The number of hydrogen-bond donors (Lipinski definition) is 0. The molecule has 0 saturated heterocycles. The highest BCUT2D eigenvalue weighted by atomic mass is 15.3. The minimum absolute atomic E-state index is 0.748. The van der Waals surface area contributed by atoms with Gasteiger partial charge in [-0.25, -0.2) is 0 Å². The molecule has 0 aliphatic heterocycles. The van der Waals surface area contributed by atoms with Crippen LogP contribution < -0.4 is 0 Å². The van der Waals surface area contributed by atoms with Crippen LogP contribution in [0.25, 0.3) is 10.9 Å². The minimum atomic E-state index is 0.748. The molecule has 3 rings (SSSR count). The fourth-order valence-corrected chi connectivity index (χ4v) is 2.87. The summed E-state index contributed by atoms with van der Waals surface area (Å²) < 4.78 is 1.94. The first kappa shape index (κ1) is 15.4. The summed E-state index contributed by atoms with van der Waals surface area (Å²) in [7, 11) is 2.13. The highest BCUT2D eigenvalue weighted by molar-refractivity contribution is 5.81. The van der Waals surface area contributed by atoms with E-state index in [1.807, 2.05) is 23.0 Å². The van der Waals surface area contributed by atoms with Crippen LogP contribution in [-0.2, 0) is 19.6 Å². The molecule has 0 atom stereocenters. The molecular formula is C19H22N4. The van der Waals surface area contributed by atoms with Gasteiger partial charge in [0, 0.05) is 36.4 Å². The lowest BCUT2D eigenvalue weighted by molar-refractivity contribution is 0.319. The normalized spacial score (nSPS) is 11.3. The van der Waals surface area contributed by atoms with Crippen molar-refractivity contribution in [2.75, 3.05) is 7.05 Å². The average Bonchev–Trinajstić information content (AvgIpc) is 2.87. The molecule has 4 heteroatoms. The second-order valence-corrected chi connectivity index (χ2v) is 5.92. The number of rotatable bonds is 6. The van der Waals surface area contributed by atoms with E-state index in [2.05, 4.69) is 66.0 Å². The highest BCUT2D eigenvalue weighted by Gasteiger charge is 2.10. The molecule has 0 fully saturated rings. The van der Waals surface area contributed by atoms with E-state index in [0.29, 0.717) is 0 Å². The lowest BCUT2D eigenvalue weighted by Gasteiger charge is -2.17. The number of allylic oxidation sites excluding steroid dienone is 1. The lowest BCUT2D eigenvalue weighted by Crippen LogP contribution is -2.17. The van der Waals surface area contributed by atoms with Crippen LogP contribution in [0.3, 0.4) is 0 Å². The zero-order chi connectivity index (χ0) is 16.2. The third-order valence-corrected chi connectivity index (χ3v) is 3.96. The van der Waals surface area contributed by atoms with Crippen LogP contribution in [-0.4, -0.2) is 26.7 Å². The maximum Gasteiger partial charge on any atom is 0.0746 e. The van der Waals surface area contributed by atoms with Crippen molar-refractivity contribution in [1.29, 1.82) is 0 Å². The molecule has 0 unspecified atom stereocenters. The van der Waals surface area contributed by atoms with Gasteiger partial charge in [0.1, 0.15) is 0 Å². The third kappa shape index (κ3) is 3.48. The molecule has 1 aromatic carbocycles. The van der Waals surface area contributed by atoms with Gasteiger partial charge in [0.05, 0.1) is 17.8 Å². The second-order valence-electron chi connectivity index (χ2n) is 5.92. The van der Waals surface area contributed by atoms with Crippen LogP contribution in [0.1, 0.15) is 16.8 Å². The fraction of sp³-hybridized carbons (Fsp3) is 0.263. The predicted molar refractivity (Wildman–Crippen MR) is 94.1 cm³/mol. The van der Waals surface area contributed by atoms with Gasteiger partial charge in [0.15, 0.2) is 0 Å². The van der Waals surface area contributed by atoms with Gasteiger partial charge in [-0.2, -0.15) is 5.10 Å². The molecule has 0 saturated carbocycles. The van der Waals surface area contributed by atoms with E-state index < -0.39 is 0 Å². The summed E-state index contributed by atoms with van der Waals surface area (Å²) >= 11 is 0. The minimum Gasteiger partial charge on any atom is -0.298 e. The van der Waals surface area contributed by atoms with Crippen LogP contribution in [0.15, 0.2) is 55.4 Å². The summed E-state index contributed by atoms with van der Waals surface area (Å²) in [4.78, 5) is 6.83. The molecule has 2 aromatic heterocycles. The van der Waals surface area contributed by atoms with Crippen molar-refractivity contribution in [2.24, 2.45) is 0 Å². The number of aromatic nitrogens is 3. The molecule has 0 bridgehead atoms. The van der Waals surface area contributed by atoms with Crippen molar-refractivity contribution in [3.63, 3.8) is 0 Å². The first-order valence-electron chi connectivity index (χ1n) is 7.82. The van der Waals surface area contributed by atoms with E-state index in [4.69, 9.17) is 0 Å². The van der Waals surface area contributed by atoms with Gasteiger partial charge in [-0.05, 0) is 25.6 Å². The molecule has 23 heavy (non-hydrogen) atoms. The lowest BCUT2D eigenvalue weighted by atomic mass is 10.1. The molecule has 0 spiro atoms. The standard InChI is InChI=1S/C19H22N4/c1-4-11-23-14-18(15(2)21-23)13-22(3)12-17-8-5-7-16-9-6-10-20-19(16)17/h4-10,14H,1,11-13H2,2-3H3. The highest BCUT2D eigenvalue weighted by Crippen LogP contribution is 2.18. The molecule has 0 N–H and O–H groups in total. The van der Waals surface area contributed by atoms with Gasteiger partial charge in [-0.3, -0.25) is 14.6 Å². The number of fused-ring (bicyclic) bond motifs is 1. The Kier molecular flexibility index (Phi) is 4.53. The molecule has 0 amide bonds. The van der Waals surface area contributed by atoms with Gasteiger partial charge in [0.2, 0.25) is 0 Å². The molecule has 0 aliphatic rings. The van der Waals surface area contributed by atoms with Gasteiger partial charge >= 0.3 is 0 Å². The van der Waals surface area contributed by atoms with Crippen molar-refractivity contribution < 1.29 is 0 Å². The summed E-state index contributed by atoms with van der Waals surface area (Å²) in [6, 6.07) is 10.4. The van der Waals surface area contributed by atoms with Gasteiger partial charge in [0.25, 0.3) is 0 Å². The van der Waals surface area contributed by atoms with Crippen LogP contribution >= 0.6 is 0 Å². The topological polar surface area (TPSA) is 34.0 Å². The summed E-state index contributed by atoms with van der Waals surface area (Å²) in [5.41, 5.74) is 4.67. The van der Waals surface area contributed by atoms with Crippen molar-refractivity contribution in [2.45, 2.75) is 26.6 Å². The van der Waals surface area contributed by atoms with E-state index in [9.17, 15) is 0 Å². The summed E-state index contributed by atoms with van der Waals surface area (Å²) in [5.74, 6) is 0.